The van der Waals surface area contributed by atoms with Crippen molar-refractivity contribution in [1.29, 1.82) is 0 Å². The van der Waals surface area contributed by atoms with Crippen LogP contribution in [0.5, 0.6) is 0 Å². The lowest BCUT2D eigenvalue weighted by atomic mass is 10.1. The quantitative estimate of drug-likeness (QED) is 0.850. The second kappa shape index (κ2) is 6.92. The van der Waals surface area contributed by atoms with Crippen molar-refractivity contribution < 1.29 is 9.53 Å². The van der Waals surface area contributed by atoms with Crippen LogP contribution < -0.4 is 4.90 Å². The van der Waals surface area contributed by atoms with E-state index < -0.39 is 0 Å². The van der Waals surface area contributed by atoms with Crippen LogP contribution in [-0.4, -0.2) is 59.6 Å². The number of carbonyl (C=O) groups excluding carboxylic acids is 1. The van der Waals surface area contributed by atoms with E-state index in [2.05, 4.69) is 15.0 Å². The predicted octanol–water partition coefficient (Wildman–Crippen LogP) is 1.46. The number of rotatable bonds is 3. The molecule has 3 rings (SSSR count). The van der Waals surface area contributed by atoms with Gasteiger partial charge in [-0.3, -0.25) is 9.78 Å². The first-order valence-electron chi connectivity index (χ1n) is 7.86. The minimum Gasteiger partial charge on any atom is -0.378 e. The molecule has 2 aromatic rings. The van der Waals surface area contributed by atoms with E-state index in [1.165, 1.54) is 18.7 Å². The molecule has 1 fully saturated rings. The molecule has 7 nitrogen and oxygen atoms in total. The number of hydrogen-bond acceptors (Lipinski definition) is 6. The summed E-state index contributed by atoms with van der Waals surface area (Å²) in [6.07, 6.45) is 4.26. The number of aromatic nitrogens is 3. The Morgan fingerprint density at radius 1 is 1.29 bits per heavy atom. The smallest absolute Gasteiger partial charge is 0.257 e. The van der Waals surface area contributed by atoms with Crippen molar-refractivity contribution in [3.63, 3.8) is 0 Å². The molecule has 0 bridgehead atoms. The third kappa shape index (κ3) is 3.51. The maximum absolute atomic E-state index is 12.6. The number of pyridine rings is 1. The molecule has 1 atom stereocenters. The van der Waals surface area contributed by atoms with Crippen molar-refractivity contribution >= 4 is 11.6 Å². The van der Waals surface area contributed by atoms with Crippen molar-refractivity contribution in [2.75, 3.05) is 38.7 Å². The van der Waals surface area contributed by atoms with Crippen LogP contribution in [0.4, 0.5) is 5.69 Å². The molecule has 0 radical (unpaired) electrons. The third-order valence-electron chi connectivity index (χ3n) is 3.97. The first-order valence-corrected chi connectivity index (χ1v) is 7.86. The van der Waals surface area contributed by atoms with Gasteiger partial charge in [-0.05, 0) is 19.1 Å². The van der Waals surface area contributed by atoms with Crippen LogP contribution in [0.2, 0.25) is 0 Å². The Morgan fingerprint density at radius 2 is 2.04 bits per heavy atom. The lowest BCUT2D eigenvalue weighted by Crippen LogP contribution is -2.42. The Bertz CT molecular complexity index is 720. The van der Waals surface area contributed by atoms with Crippen LogP contribution >= 0.6 is 0 Å². The molecule has 7 heteroatoms. The highest BCUT2D eigenvalue weighted by Gasteiger charge is 2.27. The van der Waals surface area contributed by atoms with E-state index in [1.54, 1.807) is 4.90 Å². The molecule has 24 heavy (non-hydrogen) atoms. The summed E-state index contributed by atoms with van der Waals surface area (Å²) >= 11 is 0. The second-order valence-electron chi connectivity index (χ2n) is 6.02. The van der Waals surface area contributed by atoms with Gasteiger partial charge in [0.05, 0.1) is 24.4 Å². The van der Waals surface area contributed by atoms with E-state index in [1.807, 2.05) is 38.1 Å². The van der Waals surface area contributed by atoms with E-state index in [0.29, 0.717) is 25.3 Å². The van der Waals surface area contributed by atoms with Crippen LogP contribution in [-0.2, 0) is 4.74 Å². The molecule has 0 aromatic carbocycles. The molecule has 126 valence electrons. The standard InChI is InChI=1S/C17H21N5O2/c1-12-6-14(21(2)3)7-15(20-12)16-10-22(4-5-24-16)17(23)13-8-18-11-19-9-13/h6-9,11,16H,4-5,10H2,1-3H3. The monoisotopic (exact) mass is 327 g/mol. The highest BCUT2D eigenvalue weighted by atomic mass is 16.5. The molecule has 0 aliphatic carbocycles. The minimum atomic E-state index is -0.231. The van der Waals surface area contributed by atoms with Gasteiger partial charge in [-0.2, -0.15) is 0 Å². The summed E-state index contributed by atoms with van der Waals surface area (Å²) in [6.45, 7) is 3.47. The van der Waals surface area contributed by atoms with E-state index in [4.69, 9.17) is 4.74 Å². The van der Waals surface area contributed by atoms with Gasteiger partial charge in [0, 0.05) is 44.4 Å². The number of hydrogen-bond donors (Lipinski definition) is 0. The minimum absolute atomic E-state index is 0.0793. The van der Waals surface area contributed by atoms with E-state index in [9.17, 15) is 4.79 Å². The van der Waals surface area contributed by atoms with Crippen molar-refractivity contribution in [2.24, 2.45) is 0 Å². The molecule has 0 spiro atoms. The number of carbonyl (C=O) groups is 1. The molecule has 1 saturated heterocycles. The van der Waals surface area contributed by atoms with Crippen molar-refractivity contribution in [3.8, 4) is 0 Å². The van der Waals surface area contributed by atoms with Crippen molar-refractivity contribution in [2.45, 2.75) is 13.0 Å². The van der Waals surface area contributed by atoms with Gasteiger partial charge in [0.25, 0.3) is 5.91 Å². The van der Waals surface area contributed by atoms with Gasteiger partial charge in [-0.15, -0.1) is 0 Å². The topological polar surface area (TPSA) is 71.5 Å². The van der Waals surface area contributed by atoms with E-state index in [-0.39, 0.29) is 12.0 Å². The summed E-state index contributed by atoms with van der Waals surface area (Å²) in [5, 5.41) is 0. The largest absolute Gasteiger partial charge is 0.378 e. The zero-order valence-corrected chi connectivity index (χ0v) is 14.1. The van der Waals surface area contributed by atoms with Gasteiger partial charge in [0.15, 0.2) is 0 Å². The zero-order chi connectivity index (χ0) is 17.1. The van der Waals surface area contributed by atoms with Crippen LogP contribution in [0.15, 0.2) is 30.9 Å². The molecule has 2 aromatic heterocycles. The first kappa shape index (κ1) is 16.3. The fourth-order valence-electron chi connectivity index (χ4n) is 2.70. The molecule has 1 amide bonds. The fraction of sp³-hybridized carbons (Fsp3) is 0.412. The van der Waals surface area contributed by atoms with Gasteiger partial charge >= 0.3 is 0 Å². The van der Waals surface area contributed by atoms with Crippen molar-refractivity contribution in [1.82, 2.24) is 19.9 Å². The number of amides is 1. The summed E-state index contributed by atoms with van der Waals surface area (Å²) in [5.74, 6) is -0.0793. The van der Waals surface area contributed by atoms with Crippen molar-refractivity contribution in [3.05, 3.63) is 47.8 Å². The van der Waals surface area contributed by atoms with E-state index >= 15 is 0 Å². The van der Waals surface area contributed by atoms with Crippen LogP contribution in [0, 0.1) is 6.92 Å². The summed E-state index contributed by atoms with van der Waals surface area (Å²) in [4.78, 5) is 28.8. The Balaban J connectivity index is 1.80. The maximum atomic E-state index is 12.6. The average Bonchev–Trinajstić information content (AvgIpc) is 2.61. The number of aryl methyl sites for hydroxylation is 1. The molecular formula is C17H21N5O2. The molecule has 1 aliphatic heterocycles. The first-order chi connectivity index (χ1) is 11.5. The number of ether oxygens (including phenoxy) is 1. The average molecular weight is 327 g/mol. The SMILES string of the molecule is Cc1cc(N(C)C)cc(C2CN(C(=O)c3cncnc3)CCO2)n1. The summed E-state index contributed by atoms with van der Waals surface area (Å²) in [7, 11) is 3.98. The Kier molecular flexibility index (Phi) is 4.71. The predicted molar refractivity (Wildman–Crippen MR) is 89.9 cm³/mol. The number of nitrogens with zero attached hydrogens (tertiary/aromatic N) is 5. The summed E-state index contributed by atoms with van der Waals surface area (Å²) < 4.78 is 5.86. The lowest BCUT2D eigenvalue weighted by Gasteiger charge is -2.33. The highest BCUT2D eigenvalue weighted by molar-refractivity contribution is 5.93. The Hall–Kier alpha value is -2.54. The van der Waals surface area contributed by atoms with Crippen LogP contribution in [0.3, 0.4) is 0 Å². The molecule has 0 N–H and O–H groups in total. The van der Waals surface area contributed by atoms with Crippen LogP contribution in [0.25, 0.3) is 0 Å². The van der Waals surface area contributed by atoms with Gasteiger partial charge in [0.1, 0.15) is 12.4 Å². The summed E-state index contributed by atoms with van der Waals surface area (Å²) in [6, 6.07) is 4.04. The van der Waals surface area contributed by atoms with Gasteiger partial charge in [0.2, 0.25) is 0 Å². The maximum Gasteiger partial charge on any atom is 0.257 e. The van der Waals surface area contributed by atoms with Gasteiger partial charge < -0.3 is 14.5 Å². The molecular weight excluding hydrogens is 306 g/mol. The normalized spacial score (nSPS) is 17.6. The second-order valence-corrected chi connectivity index (χ2v) is 6.02. The number of morpholine rings is 1. The zero-order valence-electron chi connectivity index (χ0n) is 14.1. The summed E-state index contributed by atoms with van der Waals surface area (Å²) in [5.41, 5.74) is 3.34. The Labute approximate surface area is 141 Å². The number of anilines is 1. The van der Waals surface area contributed by atoms with Crippen LogP contribution in [0.1, 0.15) is 27.8 Å². The third-order valence-corrected chi connectivity index (χ3v) is 3.97. The Morgan fingerprint density at radius 3 is 2.75 bits per heavy atom. The molecule has 1 aliphatic rings. The molecule has 1 unspecified atom stereocenters. The fourth-order valence-corrected chi connectivity index (χ4v) is 2.70. The highest BCUT2D eigenvalue weighted by Crippen LogP contribution is 2.25. The van der Waals surface area contributed by atoms with Gasteiger partial charge in [-0.1, -0.05) is 0 Å². The van der Waals surface area contributed by atoms with Gasteiger partial charge in [-0.25, -0.2) is 9.97 Å². The van der Waals surface area contributed by atoms with E-state index in [0.717, 1.165) is 17.1 Å². The molecule has 3 heterocycles. The lowest BCUT2D eigenvalue weighted by molar-refractivity contribution is -0.0247. The molecule has 0 saturated carbocycles.